The number of allylic oxidation sites excluding steroid dienone is 4. The van der Waals surface area contributed by atoms with Gasteiger partial charge in [0.15, 0.2) is 15.6 Å². The highest BCUT2D eigenvalue weighted by molar-refractivity contribution is 7.90. The number of alkyl halides is 3. The average molecular weight is 463 g/mol. The first-order chi connectivity index (χ1) is 13.8. The number of aliphatic hydroxyl groups is 1. The third-order valence-electron chi connectivity index (χ3n) is 4.21. The van der Waals surface area contributed by atoms with E-state index in [4.69, 9.17) is 11.6 Å². The second kappa shape index (κ2) is 9.22. The molecule has 0 atom stereocenters. The summed E-state index contributed by atoms with van der Waals surface area (Å²) in [5.41, 5.74) is 3.72. The molecule has 5 nitrogen and oxygen atoms in total. The van der Waals surface area contributed by atoms with Crippen molar-refractivity contribution in [2.45, 2.75) is 31.0 Å². The Labute approximate surface area is 176 Å². The van der Waals surface area contributed by atoms with Gasteiger partial charge in [0.25, 0.3) is 0 Å². The molecule has 0 saturated heterocycles. The summed E-state index contributed by atoms with van der Waals surface area (Å²) < 4.78 is 66.1. The van der Waals surface area contributed by atoms with Gasteiger partial charge in [-0.3, -0.25) is 4.79 Å². The third kappa shape index (κ3) is 5.86. The minimum atomic E-state index is -4.60. The van der Waals surface area contributed by atoms with Crippen LogP contribution in [0.1, 0.15) is 24.5 Å². The molecular weight excluding hydrogens is 445 g/mol. The summed E-state index contributed by atoms with van der Waals surface area (Å²) in [7, 11) is -3.83. The van der Waals surface area contributed by atoms with Gasteiger partial charge in [-0.1, -0.05) is 17.7 Å². The summed E-state index contributed by atoms with van der Waals surface area (Å²) in [6.07, 6.45) is -0.204. The SMILES string of the molecule is CC1=CC=C=C(c2ccc(S(C)(=O)=O)c(COCC(F)(F)F)c2Cl)/C(=C\O)CC1=O. The fourth-order valence-electron chi connectivity index (χ4n) is 2.74. The summed E-state index contributed by atoms with van der Waals surface area (Å²) in [6.45, 7) is -0.689. The van der Waals surface area contributed by atoms with E-state index >= 15 is 0 Å². The zero-order valence-corrected chi connectivity index (χ0v) is 17.6. The highest BCUT2D eigenvalue weighted by atomic mass is 35.5. The lowest BCUT2D eigenvalue weighted by Gasteiger charge is -2.17. The van der Waals surface area contributed by atoms with Crippen molar-refractivity contribution in [2.75, 3.05) is 12.9 Å². The predicted octanol–water partition coefficient (Wildman–Crippen LogP) is 4.72. The second-order valence-corrected chi connectivity index (χ2v) is 8.94. The molecule has 0 radical (unpaired) electrons. The van der Waals surface area contributed by atoms with Crippen LogP contribution < -0.4 is 0 Å². The highest BCUT2D eigenvalue weighted by Gasteiger charge is 2.29. The fraction of sp³-hybridized carbons (Fsp3) is 0.300. The summed E-state index contributed by atoms with van der Waals surface area (Å²) in [6, 6.07) is 2.53. The number of hydrogen-bond acceptors (Lipinski definition) is 5. The monoisotopic (exact) mass is 462 g/mol. The van der Waals surface area contributed by atoms with Gasteiger partial charge in [0.1, 0.15) is 6.61 Å². The first-order valence-corrected chi connectivity index (χ1v) is 10.8. The number of hydrogen-bond donors (Lipinski definition) is 1. The summed E-state index contributed by atoms with van der Waals surface area (Å²) in [5, 5.41) is 9.44. The molecule has 1 aromatic carbocycles. The van der Waals surface area contributed by atoms with E-state index in [-0.39, 0.29) is 44.4 Å². The standard InChI is InChI=1S/C20H18ClF3O5S/c1-12-4-3-5-14(13(9-25)8-17(12)26)15-6-7-18(30(2,27)28)16(19(15)21)10-29-11-20(22,23)24/h3-4,6-7,9,25H,8,10-11H2,1-2H3/b12-4?,13-9-. The van der Waals surface area contributed by atoms with Crippen LogP contribution in [-0.4, -0.2) is 38.3 Å². The molecule has 10 heteroatoms. The lowest BCUT2D eigenvalue weighted by molar-refractivity contribution is -0.176. The normalized spacial score (nSPS) is 16.9. The number of ketones is 1. The number of halogens is 4. The van der Waals surface area contributed by atoms with Gasteiger partial charge >= 0.3 is 6.18 Å². The van der Waals surface area contributed by atoms with E-state index in [9.17, 15) is 31.5 Å². The Morgan fingerprint density at radius 3 is 2.57 bits per heavy atom. The van der Waals surface area contributed by atoms with Crippen molar-refractivity contribution in [2.24, 2.45) is 0 Å². The van der Waals surface area contributed by atoms with E-state index in [1.54, 1.807) is 6.92 Å². The topological polar surface area (TPSA) is 80.7 Å². The van der Waals surface area contributed by atoms with Crippen LogP contribution in [0.5, 0.6) is 0 Å². The number of carbonyl (C=O) groups excluding carboxylic acids is 1. The molecule has 1 N–H and O–H groups in total. The molecule has 0 aromatic heterocycles. The number of benzene rings is 1. The molecule has 0 amide bonds. The zero-order chi connectivity index (χ0) is 22.7. The van der Waals surface area contributed by atoms with Crippen LogP contribution >= 0.6 is 11.6 Å². The zero-order valence-electron chi connectivity index (χ0n) is 16.0. The number of sulfone groups is 1. The van der Waals surface area contributed by atoms with Crippen molar-refractivity contribution >= 4 is 32.8 Å². The molecule has 1 aromatic rings. The van der Waals surface area contributed by atoms with Crippen LogP contribution in [0.3, 0.4) is 0 Å². The fourth-order valence-corrected chi connectivity index (χ4v) is 4.04. The van der Waals surface area contributed by atoms with Crippen LogP contribution in [0.25, 0.3) is 5.57 Å². The summed E-state index contributed by atoms with van der Waals surface area (Å²) in [5.74, 6) is -0.261. The van der Waals surface area contributed by atoms with E-state index in [1.165, 1.54) is 24.3 Å². The van der Waals surface area contributed by atoms with Crippen LogP contribution in [0.2, 0.25) is 5.02 Å². The van der Waals surface area contributed by atoms with Gasteiger partial charge in [-0.25, -0.2) is 8.42 Å². The van der Waals surface area contributed by atoms with Gasteiger partial charge in [0, 0.05) is 34.9 Å². The molecule has 0 spiro atoms. The average Bonchev–Trinajstić information content (AvgIpc) is 2.62. The van der Waals surface area contributed by atoms with E-state index in [1.807, 2.05) is 0 Å². The molecule has 0 unspecified atom stereocenters. The van der Waals surface area contributed by atoms with Gasteiger partial charge < -0.3 is 9.84 Å². The second-order valence-electron chi connectivity index (χ2n) is 6.57. The maximum absolute atomic E-state index is 12.4. The first kappa shape index (κ1) is 24.0. The van der Waals surface area contributed by atoms with Crippen molar-refractivity contribution in [1.82, 2.24) is 0 Å². The lowest BCUT2D eigenvalue weighted by Crippen LogP contribution is -2.17. The molecule has 0 fully saturated rings. The minimum Gasteiger partial charge on any atom is -0.515 e. The van der Waals surface area contributed by atoms with Gasteiger partial charge in [0.05, 0.1) is 22.8 Å². The largest absolute Gasteiger partial charge is 0.515 e. The Bertz CT molecular complexity index is 1090. The van der Waals surface area contributed by atoms with Gasteiger partial charge in [-0.15, -0.1) is 5.73 Å². The van der Waals surface area contributed by atoms with Gasteiger partial charge in [-0.05, 0) is 30.7 Å². The molecule has 30 heavy (non-hydrogen) atoms. The molecular formula is C20H18ClF3O5S. The van der Waals surface area contributed by atoms with Crippen molar-refractivity contribution in [3.05, 3.63) is 63.6 Å². The number of carbonyl (C=O) groups is 1. The van der Waals surface area contributed by atoms with Crippen LogP contribution in [0.4, 0.5) is 13.2 Å². The Balaban J connectivity index is 2.65. The summed E-state index contributed by atoms with van der Waals surface area (Å²) >= 11 is 6.38. The molecule has 0 saturated carbocycles. The molecule has 1 aliphatic rings. The van der Waals surface area contributed by atoms with Crippen LogP contribution in [0, 0.1) is 0 Å². The lowest BCUT2D eigenvalue weighted by atomic mass is 9.91. The number of rotatable bonds is 5. The molecule has 1 aliphatic carbocycles. The smallest absolute Gasteiger partial charge is 0.411 e. The predicted molar refractivity (Wildman–Crippen MR) is 106 cm³/mol. The molecule has 0 bridgehead atoms. The Morgan fingerprint density at radius 2 is 2.00 bits per heavy atom. The van der Waals surface area contributed by atoms with E-state index in [0.717, 1.165) is 6.26 Å². The maximum Gasteiger partial charge on any atom is 0.411 e. The summed E-state index contributed by atoms with van der Waals surface area (Å²) in [4.78, 5) is 11.9. The molecule has 162 valence electrons. The van der Waals surface area contributed by atoms with Crippen LogP contribution in [-0.2, 0) is 26.0 Å². The third-order valence-corrected chi connectivity index (χ3v) is 5.82. The Hall–Kier alpha value is -2.32. The maximum atomic E-state index is 12.4. The number of aliphatic hydroxyl groups excluding tert-OH is 1. The van der Waals surface area contributed by atoms with E-state index < -0.39 is 29.2 Å². The Morgan fingerprint density at radius 1 is 1.33 bits per heavy atom. The Kier molecular flexibility index (Phi) is 7.36. The number of Topliss-reactive ketones (excluding diaryl/α,β-unsaturated/α-hetero) is 1. The van der Waals surface area contributed by atoms with Gasteiger partial charge in [0.2, 0.25) is 0 Å². The quantitative estimate of drug-likeness (QED) is 0.505. The first-order valence-electron chi connectivity index (χ1n) is 8.52. The number of ether oxygens (including phenoxy) is 1. The van der Waals surface area contributed by atoms with Crippen LogP contribution in [0.15, 0.2) is 52.3 Å². The molecule has 0 aliphatic heterocycles. The van der Waals surface area contributed by atoms with E-state index in [0.29, 0.717) is 11.8 Å². The van der Waals surface area contributed by atoms with Crippen molar-refractivity contribution in [3.8, 4) is 0 Å². The molecule has 2 rings (SSSR count). The van der Waals surface area contributed by atoms with Crippen molar-refractivity contribution in [1.29, 1.82) is 0 Å². The van der Waals surface area contributed by atoms with Crippen molar-refractivity contribution in [3.63, 3.8) is 0 Å². The van der Waals surface area contributed by atoms with Crippen molar-refractivity contribution < 1.29 is 36.2 Å². The molecule has 0 heterocycles. The minimum absolute atomic E-state index is 0.160. The highest BCUT2D eigenvalue weighted by Crippen LogP contribution is 2.36. The van der Waals surface area contributed by atoms with Gasteiger partial charge in [-0.2, -0.15) is 13.2 Å². The van der Waals surface area contributed by atoms with E-state index in [2.05, 4.69) is 10.5 Å².